The molecule has 5 nitrogen and oxygen atoms in total. The Morgan fingerprint density at radius 1 is 0.800 bits per heavy atom. The molecule has 0 radical (unpaired) electrons. The summed E-state index contributed by atoms with van der Waals surface area (Å²) >= 11 is 0. The molecule has 1 fully saturated rings. The van der Waals surface area contributed by atoms with Gasteiger partial charge in [0.15, 0.2) is 5.58 Å². The second-order valence-electron chi connectivity index (χ2n) is 10.7. The van der Waals surface area contributed by atoms with Gasteiger partial charge in [0.1, 0.15) is 17.0 Å². The Balaban J connectivity index is 1.000. The van der Waals surface area contributed by atoms with Gasteiger partial charge in [-0.3, -0.25) is 0 Å². The summed E-state index contributed by atoms with van der Waals surface area (Å²) < 4.78 is 17.7. The summed E-state index contributed by atoms with van der Waals surface area (Å²) in [6, 6.07) is 35.2. The Labute approximate surface area is 234 Å². The van der Waals surface area contributed by atoms with E-state index in [1.165, 1.54) is 35.2 Å². The third-order valence-electron chi connectivity index (χ3n) is 8.16. The molecule has 0 bridgehead atoms. The SMILES string of the molecule is C1=C2C(CCOc3ccc(Oc4nc5ccccc5o4)cc3)CCC(Cc3ccccc3)C2Nc2ccccc21. The summed E-state index contributed by atoms with van der Waals surface area (Å²) in [6.45, 7) is 0.672. The van der Waals surface area contributed by atoms with E-state index in [0.29, 0.717) is 35.8 Å². The summed E-state index contributed by atoms with van der Waals surface area (Å²) in [4.78, 5) is 4.38. The second-order valence-corrected chi connectivity index (χ2v) is 10.7. The Morgan fingerprint density at radius 2 is 1.57 bits per heavy atom. The van der Waals surface area contributed by atoms with Crippen molar-refractivity contribution in [2.45, 2.75) is 31.7 Å². The molecule has 1 aliphatic carbocycles. The summed E-state index contributed by atoms with van der Waals surface area (Å²) in [6.07, 6.45) is 7.16. The minimum atomic E-state index is 0.239. The van der Waals surface area contributed by atoms with E-state index in [1.54, 1.807) is 0 Å². The topological polar surface area (TPSA) is 56.5 Å². The first-order valence-corrected chi connectivity index (χ1v) is 14.2. The molecule has 0 saturated heterocycles. The van der Waals surface area contributed by atoms with Gasteiger partial charge >= 0.3 is 6.08 Å². The zero-order valence-corrected chi connectivity index (χ0v) is 22.3. The van der Waals surface area contributed by atoms with E-state index in [0.717, 1.165) is 24.1 Å². The standard InChI is InChI=1S/C35H32N2O3/c1-2-8-24(9-3-1)22-27-15-14-25(30-23-26-10-4-5-11-31(26)36-34(27)30)20-21-38-28-16-18-29(19-17-28)39-35-37-32-12-6-7-13-33(32)40-35/h1-13,16-19,23,25,27,34,36H,14-15,20-22H2. The van der Waals surface area contributed by atoms with Gasteiger partial charge in [-0.15, -0.1) is 0 Å². The van der Waals surface area contributed by atoms with Crippen molar-refractivity contribution in [3.63, 3.8) is 0 Å². The third-order valence-corrected chi connectivity index (χ3v) is 8.16. The summed E-state index contributed by atoms with van der Waals surface area (Å²) in [5, 5.41) is 3.91. The van der Waals surface area contributed by atoms with Crippen LogP contribution < -0.4 is 14.8 Å². The van der Waals surface area contributed by atoms with Crippen molar-refractivity contribution in [1.82, 2.24) is 4.98 Å². The number of hydrogen-bond acceptors (Lipinski definition) is 5. The first kappa shape index (κ1) is 24.5. The van der Waals surface area contributed by atoms with Crippen LogP contribution in [0.25, 0.3) is 17.2 Å². The number of ether oxygens (including phenoxy) is 2. The molecule has 2 heterocycles. The van der Waals surface area contributed by atoms with Crippen LogP contribution in [-0.4, -0.2) is 17.6 Å². The fraction of sp³-hybridized carbons (Fsp3) is 0.229. The number of nitrogens with zero attached hydrogens (tertiary/aromatic N) is 1. The van der Waals surface area contributed by atoms with Crippen molar-refractivity contribution in [3.8, 4) is 17.6 Å². The number of aromatic nitrogens is 1. The van der Waals surface area contributed by atoms with Gasteiger partial charge < -0.3 is 19.2 Å². The van der Waals surface area contributed by atoms with Crippen molar-refractivity contribution in [2.75, 3.05) is 11.9 Å². The molecule has 1 saturated carbocycles. The van der Waals surface area contributed by atoms with Crippen LogP contribution in [0, 0.1) is 11.8 Å². The zero-order valence-electron chi connectivity index (χ0n) is 22.3. The maximum atomic E-state index is 6.19. The lowest BCUT2D eigenvalue weighted by molar-refractivity contribution is 0.250. The molecule has 4 aromatic carbocycles. The van der Waals surface area contributed by atoms with Crippen molar-refractivity contribution in [1.29, 1.82) is 0 Å². The fourth-order valence-electron chi connectivity index (χ4n) is 6.15. The van der Waals surface area contributed by atoms with Gasteiger partial charge in [0, 0.05) is 5.69 Å². The molecular weight excluding hydrogens is 496 g/mol. The molecule has 40 heavy (non-hydrogen) atoms. The van der Waals surface area contributed by atoms with Crippen molar-refractivity contribution < 1.29 is 13.9 Å². The maximum Gasteiger partial charge on any atom is 0.400 e. The predicted octanol–water partition coefficient (Wildman–Crippen LogP) is 8.54. The van der Waals surface area contributed by atoms with Gasteiger partial charge in [-0.05, 0) is 96.7 Å². The number of para-hydroxylation sites is 3. The number of nitrogens with one attached hydrogen (secondary N) is 1. The minimum Gasteiger partial charge on any atom is -0.494 e. The highest BCUT2D eigenvalue weighted by Crippen LogP contribution is 2.43. The number of benzene rings is 4. The van der Waals surface area contributed by atoms with Gasteiger partial charge in [-0.2, -0.15) is 4.98 Å². The lowest BCUT2D eigenvalue weighted by atomic mass is 9.69. The van der Waals surface area contributed by atoms with Crippen LogP contribution in [0.2, 0.25) is 0 Å². The van der Waals surface area contributed by atoms with E-state index >= 15 is 0 Å². The number of anilines is 1. The smallest absolute Gasteiger partial charge is 0.400 e. The third kappa shape index (κ3) is 5.20. The van der Waals surface area contributed by atoms with Crippen LogP contribution >= 0.6 is 0 Å². The molecule has 1 N–H and O–H groups in total. The Hall–Kier alpha value is -4.51. The molecule has 3 unspecified atom stereocenters. The molecule has 0 amide bonds. The van der Waals surface area contributed by atoms with Crippen LogP contribution in [-0.2, 0) is 6.42 Å². The van der Waals surface area contributed by atoms with Crippen LogP contribution in [0.3, 0.4) is 0 Å². The summed E-state index contributed by atoms with van der Waals surface area (Å²) in [7, 11) is 0. The molecule has 1 aromatic heterocycles. The molecule has 3 atom stereocenters. The minimum absolute atomic E-state index is 0.239. The lowest BCUT2D eigenvalue weighted by Crippen LogP contribution is -2.41. The Morgan fingerprint density at radius 3 is 2.45 bits per heavy atom. The predicted molar refractivity (Wildman–Crippen MR) is 159 cm³/mol. The van der Waals surface area contributed by atoms with E-state index in [4.69, 9.17) is 13.9 Å². The van der Waals surface area contributed by atoms with Gasteiger partial charge in [-0.1, -0.05) is 66.7 Å². The van der Waals surface area contributed by atoms with E-state index in [1.807, 2.05) is 48.5 Å². The molecular formula is C35H32N2O3. The molecule has 0 spiro atoms. The highest BCUT2D eigenvalue weighted by atomic mass is 16.6. The molecule has 2 aliphatic rings. The van der Waals surface area contributed by atoms with Crippen LogP contribution in [0.5, 0.6) is 17.6 Å². The number of oxazole rings is 1. The van der Waals surface area contributed by atoms with Crippen LogP contribution in [0.4, 0.5) is 5.69 Å². The van der Waals surface area contributed by atoms with E-state index in [-0.39, 0.29) is 6.08 Å². The molecule has 7 rings (SSSR count). The van der Waals surface area contributed by atoms with E-state index in [2.05, 4.69) is 71.0 Å². The number of hydrogen-bond donors (Lipinski definition) is 1. The Bertz CT molecular complexity index is 1590. The van der Waals surface area contributed by atoms with Crippen molar-refractivity contribution >= 4 is 22.9 Å². The lowest BCUT2D eigenvalue weighted by Gasteiger charge is -2.42. The van der Waals surface area contributed by atoms with E-state index < -0.39 is 0 Å². The number of rotatable bonds is 8. The average molecular weight is 529 g/mol. The van der Waals surface area contributed by atoms with E-state index in [9.17, 15) is 0 Å². The highest BCUT2D eigenvalue weighted by molar-refractivity contribution is 5.74. The largest absolute Gasteiger partial charge is 0.494 e. The highest BCUT2D eigenvalue weighted by Gasteiger charge is 2.36. The second kappa shape index (κ2) is 10.9. The quantitative estimate of drug-likeness (QED) is 0.219. The first-order valence-electron chi connectivity index (χ1n) is 14.2. The van der Waals surface area contributed by atoms with Gasteiger partial charge in [0.25, 0.3) is 0 Å². The molecule has 200 valence electrons. The molecule has 5 aromatic rings. The molecule has 5 heteroatoms. The summed E-state index contributed by atoms with van der Waals surface area (Å²) in [5.41, 5.74) is 6.96. The summed E-state index contributed by atoms with van der Waals surface area (Å²) in [5.74, 6) is 2.57. The number of fused-ring (bicyclic) bond motifs is 3. The maximum absolute atomic E-state index is 6.19. The monoisotopic (exact) mass is 528 g/mol. The fourth-order valence-corrected chi connectivity index (χ4v) is 6.15. The normalized spacial score (nSPS) is 19.7. The first-order chi connectivity index (χ1) is 19.8. The van der Waals surface area contributed by atoms with Crippen LogP contribution in [0.15, 0.2) is 113 Å². The van der Waals surface area contributed by atoms with Crippen molar-refractivity contribution in [2.24, 2.45) is 11.8 Å². The van der Waals surface area contributed by atoms with Gasteiger partial charge in [0.05, 0.1) is 12.6 Å². The van der Waals surface area contributed by atoms with Gasteiger partial charge in [0.2, 0.25) is 0 Å². The van der Waals surface area contributed by atoms with Crippen LogP contribution in [0.1, 0.15) is 30.4 Å². The Kier molecular flexibility index (Phi) is 6.70. The van der Waals surface area contributed by atoms with Crippen molar-refractivity contribution in [3.05, 3.63) is 120 Å². The van der Waals surface area contributed by atoms with Gasteiger partial charge in [-0.25, -0.2) is 0 Å². The zero-order chi connectivity index (χ0) is 26.7. The molecule has 1 aliphatic heterocycles. The average Bonchev–Trinajstić information content (AvgIpc) is 3.41.